The number of carboxylic acids is 1. The highest BCUT2D eigenvalue weighted by Crippen LogP contribution is 2.25. The Hall–Kier alpha value is -2.41. The number of hydrogen-bond donors (Lipinski definition) is 2. The van der Waals surface area contributed by atoms with Crippen LogP contribution in [0.15, 0.2) is 24.3 Å². The number of carbonyl (C=O) groups is 3. The molecular formula is C17H22N2O5. The number of nitrogens with one attached hydrogen (secondary N) is 1. The molecule has 130 valence electrons. The summed E-state index contributed by atoms with van der Waals surface area (Å²) in [5.74, 6) is -1.34. The zero-order valence-corrected chi connectivity index (χ0v) is 13.8. The van der Waals surface area contributed by atoms with Gasteiger partial charge >= 0.3 is 5.97 Å². The largest absolute Gasteiger partial charge is 0.481 e. The number of nitrogens with zero attached hydrogens (tertiary/aromatic N) is 1. The molecule has 24 heavy (non-hydrogen) atoms. The first kappa shape index (κ1) is 17.9. The van der Waals surface area contributed by atoms with Gasteiger partial charge in [0, 0.05) is 37.4 Å². The van der Waals surface area contributed by atoms with Crippen molar-refractivity contribution < 1.29 is 24.2 Å². The fraction of sp³-hybridized carbons (Fsp3) is 0.471. The maximum atomic E-state index is 12.8. The fourth-order valence-electron chi connectivity index (χ4n) is 2.83. The summed E-state index contributed by atoms with van der Waals surface area (Å²) in [4.78, 5) is 36.8. The highest BCUT2D eigenvalue weighted by molar-refractivity contribution is 5.97. The van der Waals surface area contributed by atoms with Crippen LogP contribution >= 0.6 is 0 Å². The molecule has 0 saturated carbocycles. The van der Waals surface area contributed by atoms with Crippen LogP contribution in [0.25, 0.3) is 0 Å². The van der Waals surface area contributed by atoms with Gasteiger partial charge in [-0.3, -0.25) is 14.4 Å². The number of anilines is 1. The Labute approximate surface area is 140 Å². The van der Waals surface area contributed by atoms with E-state index in [0.29, 0.717) is 30.6 Å². The van der Waals surface area contributed by atoms with Crippen LogP contribution in [0.1, 0.15) is 36.5 Å². The average Bonchev–Trinajstić information content (AvgIpc) is 2.96. The number of benzene rings is 1. The van der Waals surface area contributed by atoms with E-state index < -0.39 is 12.0 Å². The first-order valence-electron chi connectivity index (χ1n) is 7.90. The van der Waals surface area contributed by atoms with Crippen LogP contribution in [0.3, 0.4) is 0 Å². The molecule has 2 unspecified atom stereocenters. The van der Waals surface area contributed by atoms with E-state index in [-0.39, 0.29) is 24.3 Å². The summed E-state index contributed by atoms with van der Waals surface area (Å²) >= 11 is 0. The van der Waals surface area contributed by atoms with Gasteiger partial charge in [0.2, 0.25) is 5.91 Å². The summed E-state index contributed by atoms with van der Waals surface area (Å²) in [6.45, 7) is 2.11. The molecular weight excluding hydrogens is 312 g/mol. The van der Waals surface area contributed by atoms with Gasteiger partial charge in [-0.25, -0.2) is 0 Å². The molecule has 1 aliphatic rings. The predicted octanol–water partition coefficient (Wildman–Crippen LogP) is 1.74. The molecule has 7 nitrogen and oxygen atoms in total. The Morgan fingerprint density at radius 1 is 1.38 bits per heavy atom. The van der Waals surface area contributed by atoms with Crippen molar-refractivity contribution in [1.29, 1.82) is 0 Å². The van der Waals surface area contributed by atoms with Gasteiger partial charge < -0.3 is 20.1 Å². The monoisotopic (exact) mass is 334 g/mol. The van der Waals surface area contributed by atoms with Crippen molar-refractivity contribution in [2.45, 2.75) is 38.3 Å². The predicted molar refractivity (Wildman–Crippen MR) is 87.9 cm³/mol. The second kappa shape index (κ2) is 7.92. The molecule has 0 aliphatic carbocycles. The van der Waals surface area contributed by atoms with E-state index in [0.717, 1.165) is 0 Å². The van der Waals surface area contributed by atoms with E-state index in [4.69, 9.17) is 9.84 Å². The van der Waals surface area contributed by atoms with Crippen molar-refractivity contribution >= 4 is 23.5 Å². The second-order valence-corrected chi connectivity index (χ2v) is 5.79. The molecule has 0 spiro atoms. The first-order chi connectivity index (χ1) is 11.4. The molecule has 7 heteroatoms. The number of likely N-dealkylation sites (tertiary alicyclic amines) is 1. The van der Waals surface area contributed by atoms with Crippen LogP contribution in [0.5, 0.6) is 0 Å². The van der Waals surface area contributed by atoms with E-state index in [1.54, 1.807) is 43.2 Å². The minimum atomic E-state index is -0.946. The van der Waals surface area contributed by atoms with E-state index >= 15 is 0 Å². The molecule has 1 aliphatic heterocycles. The standard InChI is InChI=1S/C17H22N2O5/c1-3-15(20)18-12-6-4-5-11(7-12)17(23)19-10-14(24-2)8-13(19)9-16(21)22/h4-7,13-14H,3,8-10H2,1-2H3,(H,18,20)(H,21,22). The Morgan fingerprint density at radius 3 is 2.75 bits per heavy atom. The smallest absolute Gasteiger partial charge is 0.305 e. The van der Waals surface area contributed by atoms with Gasteiger partial charge in [-0.15, -0.1) is 0 Å². The van der Waals surface area contributed by atoms with Crippen molar-refractivity contribution in [3.8, 4) is 0 Å². The maximum Gasteiger partial charge on any atom is 0.305 e. The quantitative estimate of drug-likeness (QED) is 0.826. The van der Waals surface area contributed by atoms with Crippen molar-refractivity contribution in [3.05, 3.63) is 29.8 Å². The first-order valence-corrected chi connectivity index (χ1v) is 7.90. The lowest BCUT2D eigenvalue weighted by Gasteiger charge is -2.23. The van der Waals surface area contributed by atoms with Crippen LogP contribution in [0, 0.1) is 0 Å². The Balaban J connectivity index is 2.18. The van der Waals surface area contributed by atoms with Crippen LogP contribution < -0.4 is 5.32 Å². The number of hydrogen-bond acceptors (Lipinski definition) is 4. The van der Waals surface area contributed by atoms with E-state index in [2.05, 4.69) is 5.32 Å². The molecule has 0 aromatic heterocycles. The number of amides is 2. The third-order valence-electron chi connectivity index (χ3n) is 4.09. The third kappa shape index (κ3) is 4.32. The molecule has 0 radical (unpaired) electrons. The normalized spacial score (nSPS) is 20.0. The number of carbonyl (C=O) groups excluding carboxylic acids is 2. The summed E-state index contributed by atoms with van der Waals surface area (Å²) < 4.78 is 5.29. The lowest BCUT2D eigenvalue weighted by molar-refractivity contribution is -0.138. The number of aliphatic carboxylic acids is 1. The lowest BCUT2D eigenvalue weighted by atomic mass is 10.1. The highest BCUT2D eigenvalue weighted by atomic mass is 16.5. The number of carboxylic acid groups (broad SMARTS) is 1. The summed E-state index contributed by atoms with van der Waals surface area (Å²) in [5.41, 5.74) is 0.959. The van der Waals surface area contributed by atoms with Crippen LogP contribution in [-0.2, 0) is 14.3 Å². The summed E-state index contributed by atoms with van der Waals surface area (Å²) in [5, 5.41) is 11.8. The van der Waals surface area contributed by atoms with Gasteiger partial charge in [-0.05, 0) is 24.6 Å². The Kier molecular flexibility index (Phi) is 5.92. The molecule has 1 aromatic rings. The zero-order chi connectivity index (χ0) is 17.7. The summed E-state index contributed by atoms with van der Waals surface area (Å²) in [6.07, 6.45) is 0.570. The number of methoxy groups -OCH3 is 1. The van der Waals surface area contributed by atoms with Crippen molar-refractivity contribution in [3.63, 3.8) is 0 Å². The second-order valence-electron chi connectivity index (χ2n) is 5.79. The molecule has 0 bridgehead atoms. The maximum absolute atomic E-state index is 12.8. The van der Waals surface area contributed by atoms with Crippen LogP contribution in [0.2, 0.25) is 0 Å². The molecule has 2 amide bonds. The van der Waals surface area contributed by atoms with Gasteiger partial charge in [-0.1, -0.05) is 13.0 Å². The third-order valence-corrected chi connectivity index (χ3v) is 4.09. The Morgan fingerprint density at radius 2 is 2.12 bits per heavy atom. The SMILES string of the molecule is CCC(=O)Nc1cccc(C(=O)N2CC(OC)CC2CC(=O)O)c1. The average molecular weight is 334 g/mol. The molecule has 1 fully saturated rings. The number of rotatable bonds is 6. The topological polar surface area (TPSA) is 95.9 Å². The molecule has 2 N–H and O–H groups in total. The highest BCUT2D eigenvalue weighted by Gasteiger charge is 2.36. The van der Waals surface area contributed by atoms with Crippen molar-refractivity contribution in [1.82, 2.24) is 4.90 Å². The minimum Gasteiger partial charge on any atom is -0.481 e. The summed E-state index contributed by atoms with van der Waals surface area (Å²) in [7, 11) is 1.55. The molecule has 1 heterocycles. The van der Waals surface area contributed by atoms with Crippen LogP contribution in [0.4, 0.5) is 5.69 Å². The Bertz CT molecular complexity index is 631. The zero-order valence-electron chi connectivity index (χ0n) is 13.8. The lowest BCUT2D eigenvalue weighted by Crippen LogP contribution is -2.37. The van der Waals surface area contributed by atoms with E-state index in [1.165, 1.54) is 0 Å². The molecule has 2 rings (SSSR count). The van der Waals surface area contributed by atoms with E-state index in [1.807, 2.05) is 0 Å². The van der Waals surface area contributed by atoms with Gasteiger partial charge in [0.25, 0.3) is 5.91 Å². The van der Waals surface area contributed by atoms with Gasteiger partial charge in [0.05, 0.1) is 12.5 Å². The molecule has 1 aromatic carbocycles. The molecule has 1 saturated heterocycles. The van der Waals surface area contributed by atoms with Crippen LogP contribution in [-0.4, -0.2) is 53.6 Å². The van der Waals surface area contributed by atoms with Gasteiger partial charge in [-0.2, -0.15) is 0 Å². The van der Waals surface area contributed by atoms with Crippen molar-refractivity contribution in [2.24, 2.45) is 0 Å². The fourth-order valence-corrected chi connectivity index (χ4v) is 2.83. The van der Waals surface area contributed by atoms with Gasteiger partial charge in [0.15, 0.2) is 0 Å². The van der Waals surface area contributed by atoms with E-state index in [9.17, 15) is 14.4 Å². The molecule has 2 atom stereocenters. The number of ether oxygens (including phenoxy) is 1. The minimum absolute atomic E-state index is 0.113. The van der Waals surface area contributed by atoms with Gasteiger partial charge in [0.1, 0.15) is 0 Å². The summed E-state index contributed by atoms with van der Waals surface area (Å²) in [6, 6.07) is 6.26. The van der Waals surface area contributed by atoms with Crippen molar-refractivity contribution in [2.75, 3.05) is 19.0 Å².